The van der Waals surface area contributed by atoms with Gasteiger partial charge in [0, 0.05) is 18.5 Å². The zero-order valence-corrected chi connectivity index (χ0v) is 12.9. The first kappa shape index (κ1) is 15.0. The molecule has 5 heteroatoms. The van der Waals surface area contributed by atoms with Crippen molar-refractivity contribution >= 4 is 22.9 Å². The van der Waals surface area contributed by atoms with E-state index in [0.717, 1.165) is 29.4 Å². The summed E-state index contributed by atoms with van der Waals surface area (Å²) in [6.07, 6.45) is 1.70. The minimum Gasteiger partial charge on any atom is -0.488 e. The van der Waals surface area contributed by atoms with Gasteiger partial charge in [-0.3, -0.25) is 0 Å². The van der Waals surface area contributed by atoms with Crippen LogP contribution >= 0.6 is 22.9 Å². The molecule has 1 aromatic carbocycles. The fraction of sp³-hybridized carbons (Fsp3) is 0.267. The van der Waals surface area contributed by atoms with Gasteiger partial charge in [0.2, 0.25) is 0 Å². The number of halogens is 1. The maximum absolute atomic E-state index is 6.17. The molecule has 1 aromatic heterocycles. The molecule has 2 aromatic rings. The Morgan fingerprint density at radius 3 is 2.95 bits per heavy atom. The summed E-state index contributed by atoms with van der Waals surface area (Å²) < 4.78 is 5.44. The van der Waals surface area contributed by atoms with Crippen LogP contribution in [0.1, 0.15) is 16.3 Å². The molecular formula is C15H17ClN2OS. The summed E-state index contributed by atoms with van der Waals surface area (Å²) >= 11 is 7.83. The molecule has 3 nitrogen and oxygen atoms in total. The normalized spacial score (nSPS) is 10.5. The molecule has 0 amide bonds. The zero-order valence-electron chi connectivity index (χ0n) is 11.4. The van der Waals surface area contributed by atoms with E-state index in [2.05, 4.69) is 22.3 Å². The van der Waals surface area contributed by atoms with Crippen molar-refractivity contribution in [3.05, 3.63) is 57.5 Å². The van der Waals surface area contributed by atoms with Gasteiger partial charge in [0.05, 0.1) is 15.7 Å². The first-order valence-electron chi connectivity index (χ1n) is 6.33. The number of aromatic nitrogens is 1. The van der Waals surface area contributed by atoms with E-state index >= 15 is 0 Å². The minimum absolute atomic E-state index is 0.459. The Bertz CT molecular complexity index is 583. The highest BCUT2D eigenvalue weighted by Gasteiger charge is 2.03. The van der Waals surface area contributed by atoms with Crippen molar-refractivity contribution < 1.29 is 4.74 Å². The van der Waals surface area contributed by atoms with Gasteiger partial charge in [0.25, 0.3) is 0 Å². The number of nitrogens with one attached hydrogen (secondary N) is 1. The van der Waals surface area contributed by atoms with Gasteiger partial charge in [-0.05, 0) is 24.6 Å². The van der Waals surface area contributed by atoms with Crippen molar-refractivity contribution in [1.29, 1.82) is 0 Å². The summed E-state index contributed by atoms with van der Waals surface area (Å²) in [5.41, 5.74) is 2.19. The van der Waals surface area contributed by atoms with Crippen LogP contribution in [0.4, 0.5) is 0 Å². The van der Waals surface area contributed by atoms with Crippen molar-refractivity contribution in [2.24, 2.45) is 0 Å². The molecule has 1 N–H and O–H groups in total. The van der Waals surface area contributed by atoms with Gasteiger partial charge >= 0.3 is 0 Å². The molecule has 0 aliphatic heterocycles. The second-order valence-electron chi connectivity index (χ2n) is 4.33. The maximum Gasteiger partial charge on any atom is 0.138 e. The van der Waals surface area contributed by atoms with Crippen LogP contribution in [0.2, 0.25) is 5.02 Å². The lowest BCUT2D eigenvalue weighted by molar-refractivity contribution is 0.363. The van der Waals surface area contributed by atoms with E-state index in [1.807, 2.05) is 25.1 Å². The fourth-order valence-corrected chi connectivity index (χ4v) is 2.61. The lowest BCUT2D eigenvalue weighted by Crippen LogP contribution is -2.13. The Balaban J connectivity index is 1.86. The van der Waals surface area contributed by atoms with E-state index < -0.39 is 0 Å². The quantitative estimate of drug-likeness (QED) is 0.786. The van der Waals surface area contributed by atoms with Crippen molar-refractivity contribution in [3.63, 3.8) is 0 Å². The van der Waals surface area contributed by atoms with E-state index in [9.17, 15) is 0 Å². The van der Waals surface area contributed by atoms with Crippen LogP contribution in [-0.2, 0) is 13.1 Å². The van der Waals surface area contributed by atoms with Gasteiger partial charge in [0.15, 0.2) is 0 Å². The smallest absolute Gasteiger partial charge is 0.138 e. The van der Waals surface area contributed by atoms with Gasteiger partial charge in [-0.1, -0.05) is 30.3 Å². The third kappa shape index (κ3) is 4.34. The highest BCUT2D eigenvalue weighted by molar-refractivity contribution is 7.09. The molecule has 0 saturated heterocycles. The summed E-state index contributed by atoms with van der Waals surface area (Å²) in [5.74, 6) is 0.686. The molecule has 0 fully saturated rings. The molecule has 0 unspecified atom stereocenters. The summed E-state index contributed by atoms with van der Waals surface area (Å²) in [5, 5.41) is 7.13. The SMILES string of the molecule is C=CCOc1ccc(CNCc2csc(C)n2)cc1Cl. The summed E-state index contributed by atoms with van der Waals surface area (Å²) in [7, 11) is 0. The molecule has 0 spiro atoms. The summed E-state index contributed by atoms with van der Waals surface area (Å²) in [6, 6.07) is 5.80. The second-order valence-corrected chi connectivity index (χ2v) is 5.80. The number of aryl methyl sites for hydroxylation is 1. The van der Waals surface area contributed by atoms with Crippen molar-refractivity contribution in [1.82, 2.24) is 10.3 Å². The number of ether oxygens (including phenoxy) is 1. The number of benzene rings is 1. The van der Waals surface area contributed by atoms with E-state index in [1.165, 1.54) is 0 Å². The maximum atomic E-state index is 6.17. The fourth-order valence-electron chi connectivity index (χ4n) is 1.74. The Kier molecular flexibility index (Phi) is 5.59. The van der Waals surface area contributed by atoms with Crippen LogP contribution < -0.4 is 10.1 Å². The molecule has 0 aliphatic rings. The van der Waals surface area contributed by atoms with Gasteiger partial charge in [-0.25, -0.2) is 4.98 Å². The summed E-state index contributed by atoms with van der Waals surface area (Å²) in [4.78, 5) is 4.41. The van der Waals surface area contributed by atoms with E-state index in [4.69, 9.17) is 16.3 Å². The minimum atomic E-state index is 0.459. The molecule has 0 radical (unpaired) electrons. The van der Waals surface area contributed by atoms with Crippen LogP contribution in [0.25, 0.3) is 0 Å². The third-order valence-corrected chi connectivity index (χ3v) is 3.77. The zero-order chi connectivity index (χ0) is 14.4. The lowest BCUT2D eigenvalue weighted by Gasteiger charge is -2.08. The third-order valence-electron chi connectivity index (χ3n) is 2.65. The number of rotatable bonds is 7. The molecule has 106 valence electrons. The highest BCUT2D eigenvalue weighted by Crippen LogP contribution is 2.25. The molecular weight excluding hydrogens is 292 g/mol. The van der Waals surface area contributed by atoms with Gasteiger partial charge < -0.3 is 10.1 Å². The van der Waals surface area contributed by atoms with Crippen molar-refractivity contribution in [3.8, 4) is 5.75 Å². The molecule has 0 atom stereocenters. The second kappa shape index (κ2) is 7.43. The average Bonchev–Trinajstić information content (AvgIpc) is 2.84. The van der Waals surface area contributed by atoms with Crippen LogP contribution in [0.15, 0.2) is 36.2 Å². The molecule has 2 rings (SSSR count). The average molecular weight is 309 g/mol. The molecule has 20 heavy (non-hydrogen) atoms. The largest absolute Gasteiger partial charge is 0.488 e. The Morgan fingerprint density at radius 2 is 2.30 bits per heavy atom. The molecule has 0 saturated carbocycles. The first-order chi connectivity index (χ1) is 9.69. The van der Waals surface area contributed by atoms with Crippen LogP contribution in [-0.4, -0.2) is 11.6 Å². The Morgan fingerprint density at radius 1 is 1.45 bits per heavy atom. The van der Waals surface area contributed by atoms with Crippen molar-refractivity contribution in [2.75, 3.05) is 6.61 Å². The van der Waals surface area contributed by atoms with Crippen LogP contribution in [0.5, 0.6) is 5.75 Å². The van der Waals surface area contributed by atoms with Gasteiger partial charge in [-0.2, -0.15) is 0 Å². The summed E-state index contributed by atoms with van der Waals surface area (Å²) in [6.45, 7) is 7.59. The van der Waals surface area contributed by atoms with Crippen molar-refractivity contribution in [2.45, 2.75) is 20.0 Å². The van der Waals surface area contributed by atoms with E-state index in [1.54, 1.807) is 17.4 Å². The van der Waals surface area contributed by atoms with E-state index in [0.29, 0.717) is 17.4 Å². The van der Waals surface area contributed by atoms with Crippen LogP contribution in [0.3, 0.4) is 0 Å². The Hall–Kier alpha value is -1.36. The standard InChI is InChI=1S/C15H17ClN2OS/c1-3-6-19-15-5-4-12(7-14(15)16)8-17-9-13-10-20-11(2)18-13/h3-5,7,10,17H,1,6,8-9H2,2H3. The molecule has 1 heterocycles. The number of hydrogen-bond donors (Lipinski definition) is 1. The van der Waals surface area contributed by atoms with Gasteiger partial charge in [-0.15, -0.1) is 11.3 Å². The molecule has 0 aliphatic carbocycles. The lowest BCUT2D eigenvalue weighted by atomic mass is 10.2. The Labute approximate surface area is 128 Å². The monoisotopic (exact) mass is 308 g/mol. The van der Waals surface area contributed by atoms with Gasteiger partial charge in [0.1, 0.15) is 12.4 Å². The van der Waals surface area contributed by atoms with E-state index in [-0.39, 0.29) is 0 Å². The predicted octanol–water partition coefficient (Wildman–Crippen LogP) is 3.96. The highest BCUT2D eigenvalue weighted by atomic mass is 35.5. The first-order valence-corrected chi connectivity index (χ1v) is 7.58. The predicted molar refractivity (Wildman–Crippen MR) is 84.5 cm³/mol. The number of thiazole rings is 1. The van der Waals surface area contributed by atoms with Crippen LogP contribution in [0, 0.1) is 6.92 Å². The topological polar surface area (TPSA) is 34.1 Å². The number of hydrogen-bond acceptors (Lipinski definition) is 4. The molecule has 0 bridgehead atoms. The number of nitrogens with zero attached hydrogens (tertiary/aromatic N) is 1.